The van der Waals surface area contributed by atoms with Crippen molar-refractivity contribution in [2.45, 2.75) is 6.54 Å². The fourth-order valence-electron chi connectivity index (χ4n) is 1.98. The van der Waals surface area contributed by atoms with E-state index in [9.17, 15) is 0 Å². The number of nitrogens with zero attached hydrogens (tertiary/aromatic N) is 1. The molecule has 3 rings (SSSR count). The average Bonchev–Trinajstić information content (AvgIpc) is 2.48. The van der Waals surface area contributed by atoms with Crippen molar-refractivity contribution in [3.63, 3.8) is 0 Å². The van der Waals surface area contributed by atoms with Gasteiger partial charge in [0.25, 0.3) is 0 Å². The summed E-state index contributed by atoms with van der Waals surface area (Å²) in [4.78, 5) is 4.30. The van der Waals surface area contributed by atoms with Gasteiger partial charge < -0.3 is 10.5 Å². The first-order valence-electron chi connectivity index (χ1n) is 6.17. The summed E-state index contributed by atoms with van der Waals surface area (Å²) < 4.78 is 5.84. The lowest BCUT2D eigenvalue weighted by molar-refractivity contribution is 0.469. The van der Waals surface area contributed by atoms with E-state index in [1.807, 2.05) is 54.6 Å². The minimum atomic E-state index is 0.535. The van der Waals surface area contributed by atoms with Crippen LogP contribution in [0.25, 0.3) is 10.8 Å². The number of hydrogen-bond acceptors (Lipinski definition) is 3. The van der Waals surface area contributed by atoms with Crippen LogP contribution in [0.3, 0.4) is 0 Å². The molecular weight excluding hydrogens is 236 g/mol. The second-order valence-corrected chi connectivity index (χ2v) is 4.29. The van der Waals surface area contributed by atoms with Crippen LogP contribution in [0.15, 0.2) is 60.8 Å². The van der Waals surface area contributed by atoms with E-state index >= 15 is 0 Å². The van der Waals surface area contributed by atoms with Gasteiger partial charge in [0.2, 0.25) is 5.88 Å². The molecule has 3 nitrogen and oxygen atoms in total. The summed E-state index contributed by atoms with van der Waals surface area (Å²) in [5, 5.41) is 2.12. The lowest BCUT2D eigenvalue weighted by Gasteiger charge is -2.08. The van der Waals surface area contributed by atoms with Crippen LogP contribution in [-0.4, -0.2) is 4.98 Å². The van der Waals surface area contributed by atoms with Gasteiger partial charge in [-0.25, -0.2) is 4.98 Å². The molecule has 1 aromatic heterocycles. The summed E-state index contributed by atoms with van der Waals surface area (Å²) in [6.07, 6.45) is 1.76. The van der Waals surface area contributed by atoms with Crippen LogP contribution in [-0.2, 0) is 6.54 Å². The molecule has 0 aliphatic carbocycles. The molecule has 1 heterocycles. The molecule has 0 saturated carbocycles. The Bertz CT molecular complexity index is 687. The predicted molar refractivity (Wildman–Crippen MR) is 76.2 cm³/mol. The number of rotatable bonds is 3. The minimum Gasteiger partial charge on any atom is -0.438 e. The first-order chi connectivity index (χ1) is 9.36. The molecule has 3 heteroatoms. The average molecular weight is 250 g/mol. The molecule has 0 aliphatic rings. The molecule has 0 spiro atoms. The Morgan fingerprint density at radius 3 is 2.53 bits per heavy atom. The van der Waals surface area contributed by atoms with Gasteiger partial charge in [-0.05, 0) is 35.2 Å². The summed E-state index contributed by atoms with van der Waals surface area (Å²) in [5.41, 5.74) is 6.66. The highest BCUT2D eigenvalue weighted by atomic mass is 16.5. The molecule has 0 atom stereocenters. The van der Waals surface area contributed by atoms with E-state index in [4.69, 9.17) is 10.5 Å². The normalized spacial score (nSPS) is 10.6. The third-order valence-corrected chi connectivity index (χ3v) is 3.01. The van der Waals surface area contributed by atoms with Crippen LogP contribution >= 0.6 is 0 Å². The fraction of sp³-hybridized carbons (Fsp3) is 0.0625. The van der Waals surface area contributed by atoms with Crippen LogP contribution in [0.4, 0.5) is 0 Å². The monoisotopic (exact) mass is 250 g/mol. The molecular formula is C16H14N2O. The number of nitrogens with two attached hydrogens (primary N) is 1. The largest absolute Gasteiger partial charge is 0.438 e. The summed E-state index contributed by atoms with van der Waals surface area (Å²) in [6.45, 7) is 0.535. The number of ether oxygens (including phenoxy) is 1. The summed E-state index contributed by atoms with van der Waals surface area (Å²) in [7, 11) is 0. The van der Waals surface area contributed by atoms with Crippen molar-refractivity contribution in [2.24, 2.45) is 5.73 Å². The van der Waals surface area contributed by atoms with Crippen molar-refractivity contribution < 1.29 is 4.74 Å². The van der Waals surface area contributed by atoms with E-state index in [0.29, 0.717) is 12.4 Å². The Kier molecular flexibility index (Phi) is 3.12. The smallest absolute Gasteiger partial charge is 0.227 e. The highest BCUT2D eigenvalue weighted by Gasteiger charge is 2.04. The van der Waals surface area contributed by atoms with Crippen molar-refractivity contribution in [1.82, 2.24) is 4.98 Å². The van der Waals surface area contributed by atoms with Gasteiger partial charge in [0.1, 0.15) is 5.75 Å². The van der Waals surface area contributed by atoms with Crippen molar-refractivity contribution in [3.8, 4) is 11.6 Å². The first kappa shape index (κ1) is 11.7. The van der Waals surface area contributed by atoms with Gasteiger partial charge in [-0.3, -0.25) is 0 Å². The summed E-state index contributed by atoms with van der Waals surface area (Å²) in [6, 6.07) is 17.7. The SMILES string of the molecule is NCc1ccc(Oc2nccc3ccccc23)cc1. The minimum absolute atomic E-state index is 0.535. The van der Waals surface area contributed by atoms with Gasteiger partial charge in [-0.1, -0.05) is 30.3 Å². The van der Waals surface area contributed by atoms with Crippen LogP contribution in [0.5, 0.6) is 11.6 Å². The molecule has 0 radical (unpaired) electrons. The third kappa shape index (κ3) is 2.41. The van der Waals surface area contributed by atoms with Crippen LogP contribution in [0.2, 0.25) is 0 Å². The van der Waals surface area contributed by atoms with Gasteiger partial charge in [0.15, 0.2) is 0 Å². The molecule has 0 aliphatic heterocycles. The van der Waals surface area contributed by atoms with Crippen molar-refractivity contribution in [3.05, 3.63) is 66.4 Å². The highest BCUT2D eigenvalue weighted by Crippen LogP contribution is 2.27. The van der Waals surface area contributed by atoms with Gasteiger partial charge in [-0.15, -0.1) is 0 Å². The maximum absolute atomic E-state index is 5.84. The van der Waals surface area contributed by atoms with Gasteiger partial charge in [-0.2, -0.15) is 0 Å². The maximum atomic E-state index is 5.84. The Morgan fingerprint density at radius 2 is 1.74 bits per heavy atom. The van der Waals surface area contributed by atoms with Crippen molar-refractivity contribution >= 4 is 10.8 Å². The maximum Gasteiger partial charge on any atom is 0.227 e. The van der Waals surface area contributed by atoms with E-state index in [1.54, 1.807) is 6.20 Å². The molecule has 0 fully saturated rings. The standard InChI is InChI=1S/C16H14N2O/c17-11-12-5-7-14(8-6-12)19-16-15-4-2-1-3-13(15)9-10-18-16/h1-10H,11,17H2. The van der Waals surface area contributed by atoms with E-state index in [1.165, 1.54) is 0 Å². The number of fused-ring (bicyclic) bond motifs is 1. The summed E-state index contributed by atoms with van der Waals surface area (Å²) >= 11 is 0. The Hall–Kier alpha value is -2.39. The third-order valence-electron chi connectivity index (χ3n) is 3.01. The number of aromatic nitrogens is 1. The quantitative estimate of drug-likeness (QED) is 0.774. The Labute approximate surface area is 111 Å². The topological polar surface area (TPSA) is 48.1 Å². The van der Waals surface area contributed by atoms with Gasteiger partial charge >= 0.3 is 0 Å². The Balaban J connectivity index is 1.96. The lowest BCUT2D eigenvalue weighted by Crippen LogP contribution is -1.95. The zero-order valence-corrected chi connectivity index (χ0v) is 10.4. The van der Waals surface area contributed by atoms with Crippen molar-refractivity contribution in [1.29, 1.82) is 0 Å². The number of benzene rings is 2. The van der Waals surface area contributed by atoms with Gasteiger partial charge in [0.05, 0.1) is 0 Å². The molecule has 0 saturated heterocycles. The Morgan fingerprint density at radius 1 is 0.947 bits per heavy atom. The van der Waals surface area contributed by atoms with Crippen LogP contribution in [0.1, 0.15) is 5.56 Å². The fourth-order valence-corrected chi connectivity index (χ4v) is 1.98. The second-order valence-electron chi connectivity index (χ2n) is 4.29. The van der Waals surface area contributed by atoms with E-state index in [0.717, 1.165) is 22.1 Å². The van der Waals surface area contributed by atoms with E-state index < -0.39 is 0 Å². The second kappa shape index (κ2) is 5.08. The van der Waals surface area contributed by atoms with Gasteiger partial charge in [0, 0.05) is 18.1 Å². The number of hydrogen-bond donors (Lipinski definition) is 1. The van der Waals surface area contributed by atoms with Crippen LogP contribution < -0.4 is 10.5 Å². The highest BCUT2D eigenvalue weighted by molar-refractivity contribution is 5.86. The molecule has 0 amide bonds. The molecule has 19 heavy (non-hydrogen) atoms. The molecule has 0 bridgehead atoms. The van der Waals surface area contributed by atoms with E-state index in [2.05, 4.69) is 4.98 Å². The molecule has 2 aromatic carbocycles. The molecule has 3 aromatic rings. The predicted octanol–water partition coefficient (Wildman–Crippen LogP) is 3.49. The zero-order chi connectivity index (χ0) is 13.1. The summed E-state index contributed by atoms with van der Waals surface area (Å²) in [5.74, 6) is 1.39. The number of pyridine rings is 1. The molecule has 0 unspecified atom stereocenters. The first-order valence-corrected chi connectivity index (χ1v) is 6.17. The van der Waals surface area contributed by atoms with Crippen LogP contribution in [0, 0.1) is 0 Å². The lowest BCUT2D eigenvalue weighted by atomic mass is 10.2. The van der Waals surface area contributed by atoms with E-state index in [-0.39, 0.29) is 0 Å². The molecule has 94 valence electrons. The van der Waals surface area contributed by atoms with Crippen molar-refractivity contribution in [2.75, 3.05) is 0 Å². The zero-order valence-electron chi connectivity index (χ0n) is 10.4. The molecule has 2 N–H and O–H groups in total.